The van der Waals surface area contributed by atoms with Crippen molar-refractivity contribution >= 4 is 22.7 Å². The lowest BCUT2D eigenvalue weighted by Crippen LogP contribution is -2.43. The third kappa shape index (κ3) is 3.20. The number of nitrogens with one attached hydrogen (secondary N) is 1. The number of fused-ring (bicyclic) bond motifs is 2. The third-order valence-corrected chi connectivity index (χ3v) is 6.23. The minimum absolute atomic E-state index is 0.114. The Balaban J connectivity index is 1.25. The molecule has 1 aliphatic carbocycles. The zero-order valence-corrected chi connectivity index (χ0v) is 16.6. The molecule has 1 saturated carbocycles. The number of aryl methyl sites for hydroxylation is 1. The van der Waals surface area contributed by atoms with Crippen LogP contribution >= 0.6 is 0 Å². The number of carbonyl (C=O) groups excluding carboxylic acids is 2. The highest BCUT2D eigenvalue weighted by Gasteiger charge is 2.31. The number of aromatic nitrogens is 3. The van der Waals surface area contributed by atoms with E-state index in [-0.39, 0.29) is 17.7 Å². The Hall–Kier alpha value is -3.09. The number of benzene rings is 1. The number of hydrogen-bond donors (Lipinski definition) is 1. The number of hydrogen-bond acceptors (Lipinski definition) is 3. The van der Waals surface area contributed by atoms with Crippen molar-refractivity contribution in [2.24, 2.45) is 13.0 Å². The van der Waals surface area contributed by atoms with Gasteiger partial charge in [-0.25, -0.2) is 0 Å². The zero-order valence-electron chi connectivity index (χ0n) is 16.6. The average molecular weight is 391 g/mol. The fraction of sp³-hybridized carbons (Fsp3) is 0.409. The molecule has 5 rings (SSSR count). The molecule has 0 spiro atoms. The number of nitrogens with zero attached hydrogens (tertiary/aromatic N) is 4. The smallest absolute Gasteiger partial charge is 0.268 e. The van der Waals surface area contributed by atoms with Crippen molar-refractivity contribution in [1.82, 2.24) is 24.6 Å². The molecule has 0 bridgehead atoms. The Morgan fingerprint density at radius 1 is 1.17 bits per heavy atom. The Morgan fingerprint density at radius 2 is 2.00 bits per heavy atom. The first kappa shape index (κ1) is 18.0. The summed E-state index contributed by atoms with van der Waals surface area (Å²) in [7, 11) is 1.90. The quantitative estimate of drug-likeness (QED) is 0.743. The van der Waals surface area contributed by atoms with E-state index in [9.17, 15) is 9.59 Å². The van der Waals surface area contributed by atoms with Crippen LogP contribution in [0, 0.1) is 5.92 Å². The van der Waals surface area contributed by atoms with E-state index in [2.05, 4.69) is 10.4 Å². The minimum Gasteiger partial charge on any atom is -0.345 e. The van der Waals surface area contributed by atoms with Crippen molar-refractivity contribution in [2.45, 2.75) is 38.9 Å². The normalized spacial score (nSPS) is 16.5. The Bertz CT molecular complexity index is 1090. The monoisotopic (exact) mass is 391 g/mol. The standard InChI is InChI=1S/C22H25N5O2/c1-25-19-8-3-2-5-16(19)11-20(25)21(28)23-13-17-12-18-14-26(9-10-27(18)24-17)22(29)15-6-4-7-15/h2-3,5,8,11-12,15H,4,6-7,9-10,13-14H2,1H3,(H,23,28). The van der Waals surface area contributed by atoms with E-state index in [1.807, 2.05) is 57.6 Å². The first-order valence-corrected chi connectivity index (χ1v) is 10.3. The van der Waals surface area contributed by atoms with Gasteiger partial charge in [-0.3, -0.25) is 14.3 Å². The van der Waals surface area contributed by atoms with Crippen molar-refractivity contribution in [2.75, 3.05) is 6.54 Å². The molecule has 0 atom stereocenters. The summed E-state index contributed by atoms with van der Waals surface area (Å²) in [6, 6.07) is 11.9. The van der Waals surface area contributed by atoms with Gasteiger partial charge >= 0.3 is 0 Å². The lowest BCUT2D eigenvalue weighted by Gasteiger charge is -2.34. The van der Waals surface area contributed by atoms with E-state index in [0.29, 0.717) is 31.9 Å². The molecule has 1 fully saturated rings. The lowest BCUT2D eigenvalue weighted by molar-refractivity contribution is -0.139. The molecule has 3 heterocycles. The van der Waals surface area contributed by atoms with Gasteiger partial charge in [0.25, 0.3) is 5.91 Å². The van der Waals surface area contributed by atoms with Crippen LogP contribution in [0.25, 0.3) is 10.9 Å². The van der Waals surface area contributed by atoms with Crippen LogP contribution in [-0.2, 0) is 31.5 Å². The summed E-state index contributed by atoms with van der Waals surface area (Å²) < 4.78 is 3.87. The predicted molar refractivity (Wildman–Crippen MR) is 109 cm³/mol. The lowest BCUT2D eigenvalue weighted by atomic mass is 9.84. The fourth-order valence-corrected chi connectivity index (χ4v) is 4.28. The van der Waals surface area contributed by atoms with Gasteiger partial charge in [-0.15, -0.1) is 0 Å². The molecule has 1 N–H and O–H groups in total. The Labute approximate surface area is 169 Å². The van der Waals surface area contributed by atoms with Crippen LogP contribution in [0.5, 0.6) is 0 Å². The van der Waals surface area contributed by atoms with Crippen LogP contribution in [0.3, 0.4) is 0 Å². The molecule has 3 aromatic rings. The number of carbonyl (C=O) groups is 2. The van der Waals surface area contributed by atoms with E-state index in [4.69, 9.17) is 0 Å². The predicted octanol–water partition coefficient (Wildman–Crippen LogP) is 2.45. The van der Waals surface area contributed by atoms with Gasteiger partial charge in [0.15, 0.2) is 0 Å². The molecule has 7 heteroatoms. The maximum absolute atomic E-state index is 12.7. The SMILES string of the molecule is Cn1c(C(=O)NCc2cc3n(n2)CCN(C(=O)C2CCC2)C3)cc2ccccc21. The second-order valence-corrected chi connectivity index (χ2v) is 8.07. The molecule has 2 aromatic heterocycles. The second-order valence-electron chi connectivity index (χ2n) is 8.07. The molecule has 1 aliphatic heterocycles. The Kier molecular flexibility index (Phi) is 4.38. The topological polar surface area (TPSA) is 72.2 Å². The van der Waals surface area contributed by atoms with E-state index < -0.39 is 0 Å². The second kappa shape index (κ2) is 7.06. The van der Waals surface area contributed by atoms with Gasteiger partial charge in [0.2, 0.25) is 5.91 Å². The summed E-state index contributed by atoms with van der Waals surface area (Å²) in [6.45, 7) is 2.41. The summed E-state index contributed by atoms with van der Waals surface area (Å²) in [5.41, 5.74) is 3.53. The molecule has 7 nitrogen and oxygen atoms in total. The van der Waals surface area contributed by atoms with Crippen molar-refractivity contribution in [3.8, 4) is 0 Å². The summed E-state index contributed by atoms with van der Waals surface area (Å²) in [5.74, 6) is 0.398. The molecule has 0 unspecified atom stereocenters. The van der Waals surface area contributed by atoms with Gasteiger partial charge in [-0.05, 0) is 31.0 Å². The van der Waals surface area contributed by atoms with Gasteiger partial charge in [0, 0.05) is 30.4 Å². The first-order chi connectivity index (χ1) is 14.1. The highest BCUT2D eigenvalue weighted by Crippen LogP contribution is 2.29. The van der Waals surface area contributed by atoms with Crippen LogP contribution in [0.15, 0.2) is 36.4 Å². The highest BCUT2D eigenvalue weighted by atomic mass is 16.2. The highest BCUT2D eigenvalue weighted by molar-refractivity contribution is 5.98. The molecular weight excluding hydrogens is 366 g/mol. The first-order valence-electron chi connectivity index (χ1n) is 10.3. The maximum Gasteiger partial charge on any atom is 0.268 e. The van der Waals surface area contributed by atoms with Crippen molar-refractivity contribution in [3.63, 3.8) is 0 Å². The van der Waals surface area contributed by atoms with Crippen LogP contribution in [0.1, 0.15) is 41.1 Å². The van der Waals surface area contributed by atoms with Gasteiger partial charge < -0.3 is 14.8 Å². The van der Waals surface area contributed by atoms with E-state index in [0.717, 1.165) is 35.1 Å². The van der Waals surface area contributed by atoms with Gasteiger partial charge in [-0.1, -0.05) is 24.6 Å². The number of amides is 2. The number of rotatable bonds is 4. The molecule has 1 aromatic carbocycles. The largest absolute Gasteiger partial charge is 0.345 e. The van der Waals surface area contributed by atoms with Gasteiger partial charge in [0.1, 0.15) is 5.69 Å². The third-order valence-electron chi connectivity index (χ3n) is 6.23. The average Bonchev–Trinajstić information content (AvgIpc) is 3.25. The summed E-state index contributed by atoms with van der Waals surface area (Å²) in [6.07, 6.45) is 3.23. The fourth-order valence-electron chi connectivity index (χ4n) is 4.28. The molecule has 0 radical (unpaired) electrons. The molecule has 2 aliphatic rings. The van der Waals surface area contributed by atoms with Crippen molar-refractivity contribution in [1.29, 1.82) is 0 Å². The Morgan fingerprint density at radius 3 is 2.76 bits per heavy atom. The van der Waals surface area contributed by atoms with Crippen molar-refractivity contribution in [3.05, 3.63) is 53.5 Å². The number of para-hydroxylation sites is 1. The van der Waals surface area contributed by atoms with Crippen LogP contribution in [0.2, 0.25) is 0 Å². The van der Waals surface area contributed by atoms with Crippen LogP contribution in [-0.4, -0.2) is 37.6 Å². The van der Waals surface area contributed by atoms with E-state index in [1.165, 1.54) is 6.42 Å². The van der Waals surface area contributed by atoms with Crippen LogP contribution < -0.4 is 5.32 Å². The van der Waals surface area contributed by atoms with Gasteiger partial charge in [0.05, 0.1) is 31.0 Å². The van der Waals surface area contributed by atoms with Crippen molar-refractivity contribution < 1.29 is 9.59 Å². The summed E-state index contributed by atoms with van der Waals surface area (Å²) in [4.78, 5) is 27.2. The molecule has 0 saturated heterocycles. The molecule has 150 valence electrons. The minimum atomic E-state index is -0.114. The zero-order chi connectivity index (χ0) is 20.0. The van der Waals surface area contributed by atoms with E-state index >= 15 is 0 Å². The molecular formula is C22H25N5O2. The molecule has 2 amide bonds. The van der Waals surface area contributed by atoms with Crippen LogP contribution in [0.4, 0.5) is 0 Å². The summed E-state index contributed by atoms with van der Waals surface area (Å²) in [5, 5.41) is 8.64. The maximum atomic E-state index is 12.7. The van der Waals surface area contributed by atoms with Gasteiger partial charge in [-0.2, -0.15) is 5.10 Å². The summed E-state index contributed by atoms with van der Waals surface area (Å²) >= 11 is 0. The molecule has 29 heavy (non-hydrogen) atoms. The van der Waals surface area contributed by atoms with E-state index in [1.54, 1.807) is 0 Å².